The number of likely N-dealkylation sites (N-methyl/N-ethyl adjacent to an activating group) is 1. The Morgan fingerprint density at radius 1 is 1.15 bits per heavy atom. The molecule has 2 rings (SSSR count). The molecule has 2 aliphatic heterocycles. The Hall–Kier alpha value is -1.39. The Morgan fingerprint density at radius 3 is 2.45 bits per heavy atom. The Bertz CT molecular complexity index is 419. The minimum Gasteiger partial charge on any atom is -0.311 e. The fourth-order valence-corrected chi connectivity index (χ4v) is 2.84. The first kappa shape index (κ1) is 15.0. The van der Waals surface area contributed by atoms with Crippen LogP contribution in [0.2, 0.25) is 0 Å². The number of hydrogen-bond acceptors (Lipinski definition) is 3. The van der Waals surface area contributed by atoms with E-state index < -0.39 is 0 Å². The highest BCUT2D eigenvalue weighted by atomic mass is 16.2. The molecule has 20 heavy (non-hydrogen) atoms. The summed E-state index contributed by atoms with van der Waals surface area (Å²) >= 11 is 0. The molecule has 0 saturated carbocycles. The maximum absolute atomic E-state index is 12.5. The van der Waals surface area contributed by atoms with Crippen molar-refractivity contribution in [3.63, 3.8) is 0 Å². The molecule has 4 heteroatoms. The minimum absolute atomic E-state index is 0.184. The molecule has 0 aromatic rings. The minimum atomic E-state index is 0.184. The van der Waals surface area contributed by atoms with Crippen LogP contribution in [0.4, 0.5) is 0 Å². The van der Waals surface area contributed by atoms with Crippen molar-refractivity contribution >= 4 is 5.91 Å². The van der Waals surface area contributed by atoms with Crippen molar-refractivity contribution in [2.24, 2.45) is 0 Å². The van der Waals surface area contributed by atoms with E-state index in [9.17, 15) is 4.79 Å². The van der Waals surface area contributed by atoms with Crippen LogP contribution in [0.15, 0.2) is 36.6 Å². The van der Waals surface area contributed by atoms with Crippen LogP contribution in [0, 0.1) is 0 Å². The van der Waals surface area contributed by atoms with Crippen LogP contribution in [-0.4, -0.2) is 66.9 Å². The monoisotopic (exact) mass is 275 g/mol. The van der Waals surface area contributed by atoms with Crippen molar-refractivity contribution in [3.05, 3.63) is 36.6 Å². The second-order valence-corrected chi connectivity index (χ2v) is 5.55. The second-order valence-electron chi connectivity index (χ2n) is 5.55. The summed E-state index contributed by atoms with van der Waals surface area (Å²) < 4.78 is 0. The first-order chi connectivity index (χ1) is 9.65. The Morgan fingerprint density at radius 2 is 1.85 bits per heavy atom. The molecular formula is C16H25N3O. The Kier molecular flexibility index (Phi) is 5.15. The molecule has 2 heterocycles. The highest BCUT2D eigenvalue weighted by molar-refractivity contribution is 5.81. The van der Waals surface area contributed by atoms with Crippen molar-refractivity contribution in [2.75, 3.05) is 46.3 Å². The van der Waals surface area contributed by atoms with E-state index in [2.05, 4.69) is 30.0 Å². The van der Waals surface area contributed by atoms with Crippen LogP contribution in [0.5, 0.6) is 0 Å². The lowest BCUT2D eigenvalue weighted by Gasteiger charge is -2.35. The first-order valence-electron chi connectivity index (χ1n) is 7.35. The summed E-state index contributed by atoms with van der Waals surface area (Å²) in [4.78, 5) is 19.0. The van der Waals surface area contributed by atoms with Crippen LogP contribution in [0.25, 0.3) is 0 Å². The van der Waals surface area contributed by atoms with E-state index in [1.165, 1.54) is 0 Å². The van der Waals surface area contributed by atoms with Crippen LogP contribution < -0.4 is 0 Å². The maximum atomic E-state index is 12.5. The van der Waals surface area contributed by atoms with E-state index in [1.807, 2.05) is 11.0 Å². The molecule has 0 radical (unpaired) electrons. The lowest BCUT2D eigenvalue weighted by Crippen LogP contribution is -2.49. The third kappa shape index (κ3) is 3.38. The Balaban J connectivity index is 2.01. The quantitative estimate of drug-likeness (QED) is 0.777. The van der Waals surface area contributed by atoms with Crippen molar-refractivity contribution < 1.29 is 4.79 Å². The predicted octanol–water partition coefficient (Wildman–Crippen LogP) is 1.48. The third-order valence-electron chi connectivity index (χ3n) is 4.14. The van der Waals surface area contributed by atoms with Gasteiger partial charge in [0, 0.05) is 38.4 Å². The topological polar surface area (TPSA) is 26.8 Å². The molecular weight excluding hydrogens is 250 g/mol. The normalized spacial score (nSPS) is 21.9. The van der Waals surface area contributed by atoms with Gasteiger partial charge in [0.1, 0.15) is 0 Å². The fraction of sp³-hybridized carbons (Fsp3) is 0.562. The van der Waals surface area contributed by atoms with E-state index >= 15 is 0 Å². The van der Waals surface area contributed by atoms with E-state index in [1.54, 1.807) is 6.08 Å². The molecule has 1 fully saturated rings. The number of allylic oxidation sites excluding steroid dienone is 3. The average molecular weight is 275 g/mol. The number of carbonyl (C=O) groups is 1. The SMILES string of the molecule is C=CC1=C(C=C)N(C(=O)CN2CCN(C)CC2)CCC1. The van der Waals surface area contributed by atoms with Gasteiger partial charge in [-0.2, -0.15) is 0 Å². The fourth-order valence-electron chi connectivity index (χ4n) is 2.84. The van der Waals surface area contributed by atoms with Crippen molar-refractivity contribution in [1.82, 2.24) is 14.7 Å². The van der Waals surface area contributed by atoms with E-state index in [-0.39, 0.29) is 5.91 Å². The van der Waals surface area contributed by atoms with E-state index in [0.717, 1.165) is 56.8 Å². The molecule has 4 nitrogen and oxygen atoms in total. The summed E-state index contributed by atoms with van der Waals surface area (Å²) in [5, 5.41) is 0. The molecule has 2 aliphatic rings. The number of piperazine rings is 1. The molecule has 0 aromatic heterocycles. The van der Waals surface area contributed by atoms with Gasteiger partial charge in [-0.25, -0.2) is 0 Å². The summed E-state index contributed by atoms with van der Waals surface area (Å²) in [5.41, 5.74) is 2.09. The number of rotatable bonds is 4. The lowest BCUT2D eigenvalue weighted by atomic mass is 10.0. The molecule has 1 amide bonds. The van der Waals surface area contributed by atoms with Gasteiger partial charge in [-0.1, -0.05) is 19.2 Å². The van der Waals surface area contributed by atoms with Crippen LogP contribution in [-0.2, 0) is 4.79 Å². The lowest BCUT2D eigenvalue weighted by molar-refractivity contribution is -0.131. The van der Waals surface area contributed by atoms with Gasteiger partial charge in [-0.15, -0.1) is 0 Å². The van der Waals surface area contributed by atoms with Gasteiger partial charge in [0.15, 0.2) is 0 Å². The molecule has 0 unspecified atom stereocenters. The molecule has 0 bridgehead atoms. The molecule has 0 aliphatic carbocycles. The smallest absolute Gasteiger partial charge is 0.241 e. The van der Waals surface area contributed by atoms with Gasteiger partial charge in [0.05, 0.1) is 6.54 Å². The zero-order valence-electron chi connectivity index (χ0n) is 12.5. The highest BCUT2D eigenvalue weighted by Gasteiger charge is 2.24. The van der Waals surface area contributed by atoms with Crippen LogP contribution >= 0.6 is 0 Å². The van der Waals surface area contributed by atoms with E-state index in [0.29, 0.717) is 6.54 Å². The van der Waals surface area contributed by atoms with Gasteiger partial charge >= 0.3 is 0 Å². The average Bonchev–Trinajstić information content (AvgIpc) is 2.48. The first-order valence-corrected chi connectivity index (χ1v) is 7.35. The van der Waals surface area contributed by atoms with Gasteiger partial charge in [-0.3, -0.25) is 9.69 Å². The Labute approximate surface area is 122 Å². The summed E-state index contributed by atoms with van der Waals surface area (Å²) in [5.74, 6) is 0.184. The standard InChI is InChI=1S/C16H25N3O/c1-4-14-7-6-8-19(15(14)5-2)16(20)13-18-11-9-17(3)10-12-18/h4-5H,1-2,6-13H2,3H3. The highest BCUT2D eigenvalue weighted by Crippen LogP contribution is 2.24. The molecule has 0 spiro atoms. The zero-order valence-corrected chi connectivity index (χ0v) is 12.5. The second kappa shape index (κ2) is 6.86. The van der Waals surface area contributed by atoms with Crippen LogP contribution in [0.3, 0.4) is 0 Å². The number of hydrogen-bond donors (Lipinski definition) is 0. The molecule has 0 atom stereocenters. The van der Waals surface area contributed by atoms with Gasteiger partial charge in [0.2, 0.25) is 5.91 Å². The number of amides is 1. The molecule has 0 N–H and O–H groups in total. The zero-order chi connectivity index (χ0) is 14.5. The third-order valence-corrected chi connectivity index (χ3v) is 4.14. The van der Waals surface area contributed by atoms with Gasteiger partial charge < -0.3 is 9.80 Å². The molecule has 1 saturated heterocycles. The van der Waals surface area contributed by atoms with Crippen molar-refractivity contribution in [2.45, 2.75) is 12.8 Å². The predicted molar refractivity (Wildman–Crippen MR) is 82.3 cm³/mol. The van der Waals surface area contributed by atoms with Crippen molar-refractivity contribution in [3.8, 4) is 0 Å². The summed E-state index contributed by atoms with van der Waals surface area (Å²) in [7, 11) is 2.12. The molecule has 110 valence electrons. The van der Waals surface area contributed by atoms with Crippen LogP contribution in [0.1, 0.15) is 12.8 Å². The number of carbonyl (C=O) groups excluding carboxylic acids is 1. The van der Waals surface area contributed by atoms with Gasteiger partial charge in [0.25, 0.3) is 0 Å². The number of nitrogens with zero attached hydrogens (tertiary/aromatic N) is 3. The summed E-state index contributed by atoms with van der Waals surface area (Å²) in [6.07, 6.45) is 5.64. The van der Waals surface area contributed by atoms with Gasteiger partial charge in [-0.05, 0) is 31.5 Å². The van der Waals surface area contributed by atoms with E-state index in [4.69, 9.17) is 0 Å². The molecule has 0 aromatic carbocycles. The maximum Gasteiger partial charge on any atom is 0.241 e. The van der Waals surface area contributed by atoms with Crippen molar-refractivity contribution in [1.29, 1.82) is 0 Å². The summed E-state index contributed by atoms with van der Waals surface area (Å²) in [6, 6.07) is 0. The largest absolute Gasteiger partial charge is 0.311 e. The summed E-state index contributed by atoms with van der Waals surface area (Å²) in [6.45, 7) is 13.0.